The summed E-state index contributed by atoms with van der Waals surface area (Å²) in [5, 5.41) is 6.52. The first kappa shape index (κ1) is 20.2. The molecule has 2 N–H and O–H groups in total. The van der Waals surface area contributed by atoms with E-state index in [1.54, 1.807) is 19.2 Å². The molecule has 1 aromatic rings. The van der Waals surface area contributed by atoms with Crippen molar-refractivity contribution >= 4 is 40.0 Å². The molecule has 1 saturated carbocycles. The standard InChI is InChI=1S/C15H24N4O2S.HI/c1-16-15(17-10-12-4-5-12)18-11-13-6-8-14(9-7-13)22(20,21)19(2)3;/h6-9,12H,4-5,10-11H2,1-3H3,(H2,16,17,18);1H. The summed E-state index contributed by atoms with van der Waals surface area (Å²) in [4.78, 5) is 4.48. The highest BCUT2D eigenvalue weighted by Crippen LogP contribution is 2.27. The molecule has 0 bridgehead atoms. The van der Waals surface area contributed by atoms with Gasteiger partial charge in [0.15, 0.2) is 5.96 Å². The van der Waals surface area contributed by atoms with E-state index in [2.05, 4.69) is 15.6 Å². The molecular formula is C15H25IN4O2S. The van der Waals surface area contributed by atoms with Crippen LogP contribution in [-0.2, 0) is 16.6 Å². The first-order chi connectivity index (χ1) is 10.4. The van der Waals surface area contributed by atoms with Crippen molar-refractivity contribution in [3.05, 3.63) is 29.8 Å². The maximum absolute atomic E-state index is 12.0. The van der Waals surface area contributed by atoms with E-state index >= 15 is 0 Å². The van der Waals surface area contributed by atoms with Crippen LogP contribution in [0.4, 0.5) is 0 Å². The minimum Gasteiger partial charge on any atom is -0.356 e. The van der Waals surface area contributed by atoms with Crippen LogP contribution < -0.4 is 10.6 Å². The van der Waals surface area contributed by atoms with Gasteiger partial charge in [-0.1, -0.05) is 12.1 Å². The minimum absolute atomic E-state index is 0. The first-order valence-corrected chi connectivity index (χ1v) is 8.83. The maximum atomic E-state index is 12.0. The fourth-order valence-electron chi connectivity index (χ4n) is 1.96. The molecule has 0 unspecified atom stereocenters. The highest BCUT2D eigenvalue weighted by molar-refractivity contribution is 14.0. The third kappa shape index (κ3) is 5.92. The number of halogens is 1. The van der Waals surface area contributed by atoms with Crippen LogP contribution in [0.25, 0.3) is 0 Å². The van der Waals surface area contributed by atoms with Gasteiger partial charge in [0.2, 0.25) is 10.0 Å². The van der Waals surface area contributed by atoms with Crippen LogP contribution in [0.15, 0.2) is 34.2 Å². The summed E-state index contributed by atoms with van der Waals surface area (Å²) in [5.74, 6) is 1.56. The topological polar surface area (TPSA) is 73.8 Å². The van der Waals surface area contributed by atoms with Crippen LogP contribution in [0.1, 0.15) is 18.4 Å². The van der Waals surface area contributed by atoms with Crippen molar-refractivity contribution in [1.29, 1.82) is 0 Å². The van der Waals surface area contributed by atoms with E-state index in [1.807, 2.05) is 12.1 Å². The molecule has 1 aromatic carbocycles. The lowest BCUT2D eigenvalue weighted by molar-refractivity contribution is 0.520. The monoisotopic (exact) mass is 452 g/mol. The van der Waals surface area contributed by atoms with Gasteiger partial charge in [0.1, 0.15) is 0 Å². The van der Waals surface area contributed by atoms with Gasteiger partial charge in [-0.3, -0.25) is 4.99 Å². The SMILES string of the molecule is CN=C(NCc1ccc(S(=O)(=O)N(C)C)cc1)NCC1CC1.I. The van der Waals surface area contributed by atoms with E-state index in [-0.39, 0.29) is 24.0 Å². The Labute approximate surface area is 155 Å². The molecule has 8 heteroatoms. The molecule has 1 fully saturated rings. The van der Waals surface area contributed by atoms with Crippen LogP contribution in [0, 0.1) is 5.92 Å². The average Bonchev–Trinajstić information content (AvgIpc) is 3.32. The Morgan fingerprint density at radius 3 is 2.30 bits per heavy atom. The Bertz CT molecular complexity index is 625. The largest absolute Gasteiger partial charge is 0.356 e. The zero-order chi connectivity index (χ0) is 16.2. The van der Waals surface area contributed by atoms with Gasteiger partial charge >= 0.3 is 0 Å². The molecule has 0 spiro atoms. The van der Waals surface area contributed by atoms with Crippen LogP contribution in [0.5, 0.6) is 0 Å². The second-order valence-corrected chi connectivity index (χ2v) is 7.83. The first-order valence-electron chi connectivity index (χ1n) is 7.39. The van der Waals surface area contributed by atoms with Gasteiger partial charge in [-0.2, -0.15) is 0 Å². The molecule has 2 rings (SSSR count). The van der Waals surface area contributed by atoms with Crippen LogP contribution in [0.2, 0.25) is 0 Å². The summed E-state index contributed by atoms with van der Waals surface area (Å²) in [5.41, 5.74) is 1.01. The number of nitrogens with zero attached hydrogens (tertiary/aromatic N) is 2. The minimum atomic E-state index is -3.36. The lowest BCUT2D eigenvalue weighted by atomic mass is 10.2. The molecule has 0 saturated heterocycles. The fraction of sp³-hybridized carbons (Fsp3) is 0.533. The van der Waals surface area contributed by atoms with Crippen molar-refractivity contribution in [2.45, 2.75) is 24.3 Å². The lowest BCUT2D eigenvalue weighted by Gasteiger charge is -2.13. The number of aliphatic imine (C=N–C) groups is 1. The second-order valence-electron chi connectivity index (χ2n) is 5.68. The third-order valence-corrected chi connectivity index (χ3v) is 5.47. The van der Waals surface area contributed by atoms with Gasteiger partial charge in [0.25, 0.3) is 0 Å². The van der Waals surface area contributed by atoms with E-state index in [1.165, 1.54) is 31.2 Å². The molecule has 0 heterocycles. The van der Waals surface area contributed by atoms with Crippen LogP contribution >= 0.6 is 24.0 Å². The van der Waals surface area contributed by atoms with E-state index in [9.17, 15) is 8.42 Å². The molecule has 0 amide bonds. The van der Waals surface area contributed by atoms with Gasteiger partial charge in [-0.15, -0.1) is 24.0 Å². The molecule has 6 nitrogen and oxygen atoms in total. The van der Waals surface area contributed by atoms with Crippen LogP contribution in [0.3, 0.4) is 0 Å². The number of hydrogen-bond donors (Lipinski definition) is 2. The number of guanidine groups is 1. The van der Waals surface area contributed by atoms with Crippen molar-refractivity contribution in [3.8, 4) is 0 Å². The van der Waals surface area contributed by atoms with Crippen molar-refractivity contribution < 1.29 is 8.42 Å². The summed E-state index contributed by atoms with van der Waals surface area (Å²) in [7, 11) is 1.44. The highest BCUT2D eigenvalue weighted by atomic mass is 127. The predicted octanol–water partition coefficient (Wildman–Crippen LogP) is 1.63. The summed E-state index contributed by atoms with van der Waals surface area (Å²) >= 11 is 0. The van der Waals surface area contributed by atoms with Crippen molar-refractivity contribution in [1.82, 2.24) is 14.9 Å². The molecular weight excluding hydrogens is 427 g/mol. The molecule has 1 aliphatic carbocycles. The number of hydrogen-bond acceptors (Lipinski definition) is 3. The van der Waals surface area contributed by atoms with E-state index in [4.69, 9.17) is 0 Å². The number of sulfonamides is 1. The quantitative estimate of drug-likeness (QED) is 0.391. The lowest BCUT2D eigenvalue weighted by Crippen LogP contribution is -2.37. The summed E-state index contributed by atoms with van der Waals surface area (Å²) in [6, 6.07) is 6.90. The van der Waals surface area contributed by atoms with Crippen molar-refractivity contribution in [2.75, 3.05) is 27.7 Å². The Morgan fingerprint density at radius 1 is 1.22 bits per heavy atom. The Hall–Kier alpha value is -0.870. The number of nitrogens with one attached hydrogen (secondary N) is 2. The van der Waals surface area contributed by atoms with Gasteiger partial charge in [-0.25, -0.2) is 12.7 Å². The fourth-order valence-corrected chi connectivity index (χ4v) is 2.86. The average molecular weight is 452 g/mol. The van der Waals surface area contributed by atoms with Gasteiger partial charge < -0.3 is 10.6 Å². The van der Waals surface area contributed by atoms with Crippen molar-refractivity contribution in [3.63, 3.8) is 0 Å². The molecule has 0 radical (unpaired) electrons. The zero-order valence-electron chi connectivity index (χ0n) is 13.7. The Kier molecular flexibility index (Phi) is 7.75. The third-order valence-electron chi connectivity index (χ3n) is 3.64. The summed E-state index contributed by atoms with van der Waals surface area (Å²) in [6.07, 6.45) is 2.59. The van der Waals surface area contributed by atoms with Gasteiger partial charge in [-0.05, 0) is 36.5 Å². The number of rotatable bonds is 6. The Morgan fingerprint density at radius 2 is 1.83 bits per heavy atom. The highest BCUT2D eigenvalue weighted by Gasteiger charge is 2.21. The molecule has 0 atom stereocenters. The van der Waals surface area contributed by atoms with Gasteiger partial charge in [0, 0.05) is 34.2 Å². The normalized spacial score (nSPS) is 15.2. The van der Waals surface area contributed by atoms with Gasteiger partial charge in [0.05, 0.1) is 4.90 Å². The number of benzene rings is 1. The van der Waals surface area contributed by atoms with Crippen molar-refractivity contribution in [2.24, 2.45) is 10.9 Å². The molecule has 0 aliphatic heterocycles. The van der Waals surface area contributed by atoms with Crippen LogP contribution in [-0.4, -0.2) is 46.4 Å². The predicted molar refractivity (Wildman–Crippen MR) is 104 cm³/mol. The zero-order valence-corrected chi connectivity index (χ0v) is 16.9. The molecule has 130 valence electrons. The van der Waals surface area contributed by atoms with E-state index < -0.39 is 10.0 Å². The Balaban J connectivity index is 0.00000264. The molecule has 23 heavy (non-hydrogen) atoms. The molecule has 1 aliphatic rings. The summed E-state index contributed by atoms with van der Waals surface area (Å²) in [6.45, 7) is 1.56. The van der Waals surface area contributed by atoms with E-state index in [0.29, 0.717) is 11.4 Å². The second kappa shape index (κ2) is 8.84. The van der Waals surface area contributed by atoms with E-state index in [0.717, 1.165) is 24.0 Å². The molecule has 0 aromatic heterocycles. The smallest absolute Gasteiger partial charge is 0.242 e. The maximum Gasteiger partial charge on any atom is 0.242 e. The summed E-state index contributed by atoms with van der Waals surface area (Å²) < 4.78 is 25.2.